The van der Waals surface area contributed by atoms with Crippen LogP contribution in [0.2, 0.25) is 5.02 Å². The van der Waals surface area contributed by atoms with Crippen molar-refractivity contribution in [2.45, 2.75) is 12.8 Å². The fourth-order valence-corrected chi connectivity index (χ4v) is 2.97. The standard InChI is InChI=1S/C23H19ClN4O2/c24-17-8-6-16(7-9-17)23-27-22(30-28-23)15-14-21(29)26-20-12-10-19(11-13-20)25-18-4-2-1-3-5-18/h1-13,25H,14-15H2,(H,26,29). The number of amides is 1. The summed E-state index contributed by atoms with van der Waals surface area (Å²) in [7, 11) is 0. The number of hydrogen-bond donors (Lipinski definition) is 2. The van der Waals surface area contributed by atoms with Crippen molar-refractivity contribution >= 4 is 34.6 Å². The summed E-state index contributed by atoms with van der Waals surface area (Å²) < 4.78 is 5.24. The van der Waals surface area contributed by atoms with Gasteiger partial charge in [0.2, 0.25) is 17.6 Å². The molecule has 1 aromatic heterocycles. The van der Waals surface area contributed by atoms with E-state index in [0.29, 0.717) is 23.2 Å². The molecule has 0 aliphatic carbocycles. The second-order valence-corrected chi connectivity index (χ2v) is 7.07. The zero-order chi connectivity index (χ0) is 20.8. The number of benzene rings is 3. The van der Waals surface area contributed by atoms with E-state index in [1.54, 1.807) is 12.1 Å². The Morgan fingerprint density at radius 3 is 2.27 bits per heavy atom. The van der Waals surface area contributed by atoms with E-state index in [9.17, 15) is 4.79 Å². The van der Waals surface area contributed by atoms with E-state index in [-0.39, 0.29) is 12.3 Å². The highest BCUT2D eigenvalue weighted by atomic mass is 35.5. The molecule has 0 unspecified atom stereocenters. The third-order valence-corrected chi connectivity index (χ3v) is 4.62. The maximum atomic E-state index is 12.2. The molecule has 4 rings (SSSR count). The maximum Gasteiger partial charge on any atom is 0.227 e. The molecule has 0 aliphatic heterocycles. The van der Waals surface area contributed by atoms with Gasteiger partial charge in [-0.25, -0.2) is 0 Å². The Balaban J connectivity index is 1.28. The Morgan fingerprint density at radius 2 is 1.53 bits per heavy atom. The van der Waals surface area contributed by atoms with E-state index in [1.165, 1.54) is 0 Å². The highest BCUT2D eigenvalue weighted by Crippen LogP contribution is 2.20. The minimum Gasteiger partial charge on any atom is -0.356 e. The minimum absolute atomic E-state index is 0.120. The van der Waals surface area contributed by atoms with Gasteiger partial charge in [0, 0.05) is 40.5 Å². The monoisotopic (exact) mass is 418 g/mol. The van der Waals surface area contributed by atoms with Crippen molar-refractivity contribution in [1.29, 1.82) is 0 Å². The van der Waals surface area contributed by atoms with Gasteiger partial charge in [-0.15, -0.1) is 0 Å². The summed E-state index contributed by atoms with van der Waals surface area (Å²) in [4.78, 5) is 16.6. The van der Waals surface area contributed by atoms with Crippen molar-refractivity contribution < 1.29 is 9.32 Å². The molecule has 7 heteroatoms. The minimum atomic E-state index is -0.120. The predicted molar refractivity (Wildman–Crippen MR) is 118 cm³/mol. The van der Waals surface area contributed by atoms with Gasteiger partial charge in [-0.1, -0.05) is 35.0 Å². The second kappa shape index (κ2) is 9.24. The summed E-state index contributed by atoms with van der Waals surface area (Å²) in [5, 5.41) is 10.8. The van der Waals surface area contributed by atoms with Gasteiger partial charge in [0.05, 0.1) is 0 Å². The number of nitrogens with zero attached hydrogens (tertiary/aromatic N) is 2. The van der Waals surface area contributed by atoms with Gasteiger partial charge in [0.25, 0.3) is 0 Å². The van der Waals surface area contributed by atoms with Crippen molar-refractivity contribution in [3.8, 4) is 11.4 Å². The van der Waals surface area contributed by atoms with Gasteiger partial charge < -0.3 is 15.2 Å². The molecule has 0 saturated heterocycles. The summed E-state index contributed by atoms with van der Waals surface area (Å²) in [6, 6.07) is 24.6. The smallest absolute Gasteiger partial charge is 0.227 e. The first-order valence-corrected chi connectivity index (χ1v) is 9.84. The molecule has 2 N–H and O–H groups in total. The Hall–Kier alpha value is -3.64. The molecule has 30 heavy (non-hydrogen) atoms. The van der Waals surface area contributed by atoms with Crippen LogP contribution in [0, 0.1) is 0 Å². The highest BCUT2D eigenvalue weighted by Gasteiger charge is 2.11. The van der Waals surface area contributed by atoms with E-state index in [4.69, 9.17) is 16.1 Å². The molecule has 4 aromatic rings. The van der Waals surface area contributed by atoms with Crippen molar-refractivity contribution in [2.75, 3.05) is 10.6 Å². The lowest BCUT2D eigenvalue weighted by Crippen LogP contribution is -2.12. The number of halogens is 1. The number of hydrogen-bond acceptors (Lipinski definition) is 5. The zero-order valence-electron chi connectivity index (χ0n) is 16.0. The third kappa shape index (κ3) is 5.24. The number of carbonyl (C=O) groups excluding carboxylic acids is 1. The van der Waals surface area contributed by atoms with Crippen LogP contribution in [0.5, 0.6) is 0 Å². The van der Waals surface area contributed by atoms with Crippen LogP contribution >= 0.6 is 11.6 Å². The molecule has 3 aromatic carbocycles. The fraction of sp³-hybridized carbons (Fsp3) is 0.0870. The number of nitrogens with one attached hydrogen (secondary N) is 2. The quantitative estimate of drug-likeness (QED) is 0.402. The molecule has 0 radical (unpaired) electrons. The molecule has 0 atom stereocenters. The number of carbonyl (C=O) groups is 1. The van der Waals surface area contributed by atoms with E-state index in [0.717, 1.165) is 22.6 Å². The van der Waals surface area contributed by atoms with Crippen LogP contribution in [0.3, 0.4) is 0 Å². The Labute approximate surface area is 178 Å². The summed E-state index contributed by atoms with van der Waals surface area (Å²) in [6.45, 7) is 0. The lowest BCUT2D eigenvalue weighted by molar-refractivity contribution is -0.116. The van der Waals surface area contributed by atoms with Crippen LogP contribution in [-0.2, 0) is 11.2 Å². The summed E-state index contributed by atoms with van der Waals surface area (Å²) >= 11 is 5.89. The van der Waals surface area contributed by atoms with Crippen molar-refractivity contribution in [3.63, 3.8) is 0 Å². The summed E-state index contributed by atoms with van der Waals surface area (Å²) in [5.41, 5.74) is 3.49. The molecule has 0 fully saturated rings. The number of anilines is 3. The molecule has 0 spiro atoms. The first-order valence-electron chi connectivity index (χ1n) is 9.46. The Morgan fingerprint density at radius 1 is 0.867 bits per heavy atom. The molecular weight excluding hydrogens is 400 g/mol. The summed E-state index contributed by atoms with van der Waals surface area (Å²) in [6.07, 6.45) is 0.604. The Bertz CT molecular complexity index is 1110. The van der Waals surface area contributed by atoms with Crippen molar-refractivity contribution in [2.24, 2.45) is 0 Å². The van der Waals surface area contributed by atoms with Gasteiger partial charge in [-0.3, -0.25) is 4.79 Å². The molecule has 0 aliphatic rings. The number of para-hydroxylation sites is 1. The topological polar surface area (TPSA) is 80.0 Å². The van der Waals surface area contributed by atoms with Crippen LogP contribution in [0.25, 0.3) is 11.4 Å². The predicted octanol–water partition coefficient (Wildman–Crippen LogP) is 5.70. The molecule has 6 nitrogen and oxygen atoms in total. The van der Waals surface area contributed by atoms with E-state index in [2.05, 4.69) is 20.8 Å². The number of rotatable bonds is 7. The molecule has 150 valence electrons. The van der Waals surface area contributed by atoms with Gasteiger partial charge in [-0.05, 0) is 60.7 Å². The van der Waals surface area contributed by atoms with E-state index in [1.807, 2.05) is 66.7 Å². The molecule has 0 bridgehead atoms. The molecule has 1 heterocycles. The van der Waals surface area contributed by atoms with E-state index >= 15 is 0 Å². The maximum absolute atomic E-state index is 12.2. The van der Waals surface area contributed by atoms with Crippen LogP contribution in [-0.4, -0.2) is 16.0 Å². The Kier molecular flexibility index (Phi) is 6.06. The zero-order valence-corrected chi connectivity index (χ0v) is 16.8. The van der Waals surface area contributed by atoms with Crippen LogP contribution in [0.1, 0.15) is 12.3 Å². The second-order valence-electron chi connectivity index (χ2n) is 6.64. The third-order valence-electron chi connectivity index (χ3n) is 4.37. The van der Waals surface area contributed by atoms with Crippen molar-refractivity contribution in [3.05, 3.63) is 89.8 Å². The van der Waals surface area contributed by atoms with Crippen LogP contribution < -0.4 is 10.6 Å². The highest BCUT2D eigenvalue weighted by molar-refractivity contribution is 6.30. The first-order chi connectivity index (χ1) is 14.7. The number of aromatic nitrogens is 2. The van der Waals surface area contributed by atoms with Crippen LogP contribution in [0.15, 0.2) is 83.4 Å². The first kappa shape index (κ1) is 19.7. The van der Waals surface area contributed by atoms with Crippen LogP contribution in [0.4, 0.5) is 17.1 Å². The van der Waals surface area contributed by atoms with Gasteiger partial charge in [0.15, 0.2) is 0 Å². The SMILES string of the molecule is O=C(CCc1nc(-c2ccc(Cl)cc2)no1)Nc1ccc(Nc2ccccc2)cc1. The lowest BCUT2D eigenvalue weighted by Gasteiger charge is -2.08. The van der Waals surface area contributed by atoms with Crippen molar-refractivity contribution in [1.82, 2.24) is 10.1 Å². The normalized spacial score (nSPS) is 10.6. The van der Waals surface area contributed by atoms with Gasteiger partial charge in [0.1, 0.15) is 0 Å². The van der Waals surface area contributed by atoms with Gasteiger partial charge >= 0.3 is 0 Å². The fourth-order valence-electron chi connectivity index (χ4n) is 2.84. The number of aryl methyl sites for hydroxylation is 1. The van der Waals surface area contributed by atoms with E-state index < -0.39 is 0 Å². The molecular formula is C23H19ClN4O2. The lowest BCUT2D eigenvalue weighted by atomic mass is 10.2. The molecule has 1 amide bonds. The average Bonchev–Trinajstić information content (AvgIpc) is 3.24. The molecule has 0 saturated carbocycles. The average molecular weight is 419 g/mol. The van der Waals surface area contributed by atoms with Gasteiger partial charge in [-0.2, -0.15) is 4.98 Å². The largest absolute Gasteiger partial charge is 0.356 e. The summed E-state index contributed by atoms with van der Waals surface area (Å²) in [5.74, 6) is 0.770.